The van der Waals surface area contributed by atoms with Gasteiger partial charge >= 0.3 is 12.1 Å². The van der Waals surface area contributed by atoms with Crippen molar-refractivity contribution in [2.45, 2.75) is 6.18 Å². The molecule has 84 valence electrons. The van der Waals surface area contributed by atoms with E-state index in [0.29, 0.717) is 0 Å². The highest BCUT2D eigenvalue weighted by atomic mass is 19.4. The second-order valence-electron chi connectivity index (χ2n) is 2.97. The van der Waals surface area contributed by atoms with Crippen LogP contribution in [0.1, 0.15) is 16.2 Å². The zero-order chi connectivity index (χ0) is 11.9. The van der Waals surface area contributed by atoms with Gasteiger partial charge in [-0.05, 0) is 12.1 Å². The Kier molecular flexibility index (Phi) is 2.07. The van der Waals surface area contributed by atoms with Gasteiger partial charge in [0.1, 0.15) is 0 Å². The minimum Gasteiger partial charge on any atom is -0.475 e. The van der Waals surface area contributed by atoms with E-state index in [9.17, 15) is 18.0 Å². The lowest BCUT2D eigenvalue weighted by molar-refractivity contribution is -0.137. The molecule has 16 heavy (non-hydrogen) atoms. The van der Waals surface area contributed by atoms with E-state index in [-0.39, 0.29) is 5.65 Å². The Bertz CT molecular complexity index is 561. The van der Waals surface area contributed by atoms with Crippen LogP contribution < -0.4 is 0 Å². The Hall–Kier alpha value is -2.12. The molecule has 2 rings (SSSR count). The zero-order valence-electron chi connectivity index (χ0n) is 7.56. The van der Waals surface area contributed by atoms with Crippen LogP contribution in [0.4, 0.5) is 13.2 Å². The third-order valence-electron chi connectivity index (χ3n) is 1.93. The summed E-state index contributed by atoms with van der Waals surface area (Å²) in [6, 6.07) is 1.50. The van der Waals surface area contributed by atoms with E-state index in [4.69, 9.17) is 5.11 Å². The Balaban J connectivity index is 2.62. The average Bonchev–Trinajstić information content (AvgIpc) is 2.58. The van der Waals surface area contributed by atoms with Crippen molar-refractivity contribution in [2.24, 2.45) is 0 Å². The standard InChI is InChI=1S/C8H4F3N3O2/c9-8(10,11)4-1-2-14-5(3-4)12-13-6(14)7(15)16/h1-3H,(H,15,16). The van der Waals surface area contributed by atoms with Crippen LogP contribution in [0.3, 0.4) is 0 Å². The molecule has 0 aliphatic rings. The van der Waals surface area contributed by atoms with Crippen molar-refractivity contribution < 1.29 is 23.1 Å². The molecule has 0 aliphatic carbocycles. The Labute approximate surface area is 86.1 Å². The van der Waals surface area contributed by atoms with E-state index in [1.807, 2.05) is 0 Å². The molecule has 0 spiro atoms. The largest absolute Gasteiger partial charge is 0.475 e. The molecule has 0 amide bonds. The first-order chi connectivity index (χ1) is 7.39. The number of pyridine rings is 1. The zero-order valence-corrected chi connectivity index (χ0v) is 7.56. The predicted molar refractivity (Wildman–Crippen MR) is 44.9 cm³/mol. The summed E-state index contributed by atoms with van der Waals surface area (Å²) in [6.45, 7) is 0. The van der Waals surface area contributed by atoms with Crippen molar-refractivity contribution >= 4 is 11.6 Å². The van der Waals surface area contributed by atoms with Crippen molar-refractivity contribution in [3.63, 3.8) is 0 Å². The number of aromatic nitrogens is 3. The fourth-order valence-electron chi connectivity index (χ4n) is 1.21. The summed E-state index contributed by atoms with van der Waals surface area (Å²) < 4.78 is 37.9. The van der Waals surface area contributed by atoms with E-state index in [1.54, 1.807) is 0 Å². The van der Waals surface area contributed by atoms with Crippen LogP contribution in [-0.2, 0) is 6.18 Å². The van der Waals surface area contributed by atoms with Crippen molar-refractivity contribution in [2.75, 3.05) is 0 Å². The molecule has 0 fully saturated rings. The number of hydrogen-bond acceptors (Lipinski definition) is 3. The van der Waals surface area contributed by atoms with Crippen molar-refractivity contribution in [3.05, 3.63) is 29.7 Å². The number of alkyl halides is 3. The molecule has 0 aliphatic heterocycles. The number of carboxylic acid groups (broad SMARTS) is 1. The summed E-state index contributed by atoms with van der Waals surface area (Å²) in [4.78, 5) is 10.6. The summed E-state index contributed by atoms with van der Waals surface area (Å²) >= 11 is 0. The normalized spacial score (nSPS) is 11.9. The van der Waals surface area contributed by atoms with Gasteiger partial charge in [0.05, 0.1) is 5.56 Å². The quantitative estimate of drug-likeness (QED) is 0.806. The number of aromatic carboxylic acids is 1. The molecular formula is C8H4F3N3O2. The minimum atomic E-state index is -4.49. The van der Waals surface area contributed by atoms with Crippen LogP contribution in [0, 0.1) is 0 Å². The van der Waals surface area contributed by atoms with Gasteiger partial charge in [-0.3, -0.25) is 4.40 Å². The molecular weight excluding hydrogens is 227 g/mol. The summed E-state index contributed by atoms with van der Waals surface area (Å²) in [5.41, 5.74) is -1.06. The van der Waals surface area contributed by atoms with Gasteiger partial charge in [0.15, 0.2) is 5.65 Å². The third kappa shape index (κ3) is 1.58. The monoisotopic (exact) mass is 231 g/mol. The van der Waals surface area contributed by atoms with E-state index in [1.165, 1.54) is 0 Å². The van der Waals surface area contributed by atoms with E-state index < -0.39 is 23.5 Å². The number of rotatable bonds is 1. The fourth-order valence-corrected chi connectivity index (χ4v) is 1.21. The van der Waals surface area contributed by atoms with Gasteiger partial charge in [0.2, 0.25) is 5.82 Å². The number of carboxylic acids is 1. The van der Waals surface area contributed by atoms with Crippen molar-refractivity contribution in [1.82, 2.24) is 14.6 Å². The van der Waals surface area contributed by atoms with Gasteiger partial charge in [0.25, 0.3) is 0 Å². The van der Waals surface area contributed by atoms with Crippen LogP contribution in [0.15, 0.2) is 18.3 Å². The van der Waals surface area contributed by atoms with E-state index in [2.05, 4.69) is 10.2 Å². The molecule has 0 unspecified atom stereocenters. The fraction of sp³-hybridized carbons (Fsp3) is 0.125. The third-order valence-corrected chi connectivity index (χ3v) is 1.93. The summed E-state index contributed by atoms with van der Waals surface area (Å²) in [6.07, 6.45) is -3.52. The topological polar surface area (TPSA) is 67.5 Å². The highest BCUT2D eigenvalue weighted by molar-refractivity contribution is 5.84. The van der Waals surface area contributed by atoms with Gasteiger partial charge in [-0.1, -0.05) is 0 Å². The summed E-state index contributed by atoms with van der Waals surface area (Å²) in [7, 11) is 0. The molecule has 0 saturated carbocycles. The van der Waals surface area contributed by atoms with Gasteiger partial charge in [-0.15, -0.1) is 10.2 Å². The minimum absolute atomic E-state index is 0.160. The predicted octanol–water partition coefficient (Wildman–Crippen LogP) is 1.45. The Morgan fingerprint density at radius 1 is 1.38 bits per heavy atom. The second-order valence-corrected chi connectivity index (χ2v) is 2.97. The number of hydrogen-bond donors (Lipinski definition) is 1. The van der Waals surface area contributed by atoms with Crippen LogP contribution in [-0.4, -0.2) is 25.7 Å². The molecule has 2 aromatic heterocycles. The van der Waals surface area contributed by atoms with Crippen LogP contribution in [0.2, 0.25) is 0 Å². The molecule has 0 aromatic carbocycles. The highest BCUT2D eigenvalue weighted by Crippen LogP contribution is 2.29. The molecule has 5 nitrogen and oxygen atoms in total. The molecule has 2 heterocycles. The number of nitrogens with zero attached hydrogens (tertiary/aromatic N) is 3. The SMILES string of the molecule is O=C(O)c1nnc2cc(C(F)(F)F)ccn12. The molecule has 2 aromatic rings. The molecule has 0 atom stereocenters. The number of carbonyl (C=O) groups is 1. The lowest BCUT2D eigenvalue weighted by Gasteiger charge is -2.05. The second kappa shape index (κ2) is 3.19. The summed E-state index contributed by atoms with van der Waals surface area (Å²) in [5.74, 6) is -1.78. The maximum Gasteiger partial charge on any atom is 0.416 e. The smallest absolute Gasteiger partial charge is 0.416 e. The molecule has 8 heteroatoms. The molecule has 0 bridgehead atoms. The number of fused-ring (bicyclic) bond motifs is 1. The first-order valence-electron chi connectivity index (χ1n) is 4.05. The lowest BCUT2D eigenvalue weighted by atomic mass is 10.2. The number of halogens is 3. The summed E-state index contributed by atoms with van der Waals surface area (Å²) in [5, 5.41) is 15.3. The van der Waals surface area contributed by atoms with E-state index in [0.717, 1.165) is 22.7 Å². The van der Waals surface area contributed by atoms with Gasteiger partial charge in [-0.25, -0.2) is 4.79 Å². The molecule has 0 radical (unpaired) electrons. The Morgan fingerprint density at radius 3 is 2.62 bits per heavy atom. The molecule has 0 saturated heterocycles. The van der Waals surface area contributed by atoms with E-state index >= 15 is 0 Å². The first kappa shape index (κ1) is 10.4. The van der Waals surface area contributed by atoms with Crippen molar-refractivity contribution in [1.29, 1.82) is 0 Å². The van der Waals surface area contributed by atoms with Crippen molar-refractivity contribution in [3.8, 4) is 0 Å². The van der Waals surface area contributed by atoms with Crippen LogP contribution in [0.5, 0.6) is 0 Å². The highest BCUT2D eigenvalue weighted by Gasteiger charge is 2.31. The average molecular weight is 231 g/mol. The maximum atomic E-state index is 12.3. The van der Waals surface area contributed by atoms with Gasteiger partial charge < -0.3 is 5.11 Å². The first-order valence-corrected chi connectivity index (χ1v) is 4.05. The maximum absolute atomic E-state index is 12.3. The van der Waals surface area contributed by atoms with Crippen LogP contribution in [0.25, 0.3) is 5.65 Å². The Morgan fingerprint density at radius 2 is 2.06 bits per heavy atom. The van der Waals surface area contributed by atoms with Gasteiger partial charge in [0, 0.05) is 6.20 Å². The molecule has 1 N–H and O–H groups in total. The lowest BCUT2D eigenvalue weighted by Crippen LogP contribution is -2.07. The van der Waals surface area contributed by atoms with Crippen LogP contribution >= 0.6 is 0 Å². The van der Waals surface area contributed by atoms with Gasteiger partial charge in [-0.2, -0.15) is 13.2 Å².